The number of aryl methyl sites for hydroxylation is 2. The van der Waals surface area contributed by atoms with Crippen molar-refractivity contribution in [3.63, 3.8) is 0 Å². The Labute approximate surface area is 95.5 Å². The SMILES string of the molecule is CNc1ccc(-c2ccc(C)cc2C)nn1. The summed E-state index contributed by atoms with van der Waals surface area (Å²) in [4.78, 5) is 0. The van der Waals surface area contributed by atoms with E-state index in [0.29, 0.717) is 0 Å². The van der Waals surface area contributed by atoms with Crippen LogP contribution in [-0.4, -0.2) is 17.2 Å². The van der Waals surface area contributed by atoms with Crippen LogP contribution in [0.1, 0.15) is 11.1 Å². The maximum absolute atomic E-state index is 4.20. The lowest BCUT2D eigenvalue weighted by Crippen LogP contribution is -1.96. The fourth-order valence-electron chi connectivity index (χ4n) is 1.71. The van der Waals surface area contributed by atoms with Crippen LogP contribution in [0, 0.1) is 13.8 Å². The van der Waals surface area contributed by atoms with Crippen LogP contribution in [0.2, 0.25) is 0 Å². The lowest BCUT2D eigenvalue weighted by atomic mass is 10.0. The van der Waals surface area contributed by atoms with E-state index >= 15 is 0 Å². The first-order valence-corrected chi connectivity index (χ1v) is 5.30. The number of rotatable bonds is 2. The van der Waals surface area contributed by atoms with E-state index in [1.54, 1.807) is 0 Å². The van der Waals surface area contributed by atoms with E-state index in [0.717, 1.165) is 17.1 Å². The second kappa shape index (κ2) is 4.31. The molecule has 0 unspecified atom stereocenters. The number of benzene rings is 1. The van der Waals surface area contributed by atoms with Crippen molar-refractivity contribution >= 4 is 5.82 Å². The third-order valence-corrected chi connectivity index (χ3v) is 2.58. The summed E-state index contributed by atoms with van der Waals surface area (Å²) in [5.74, 6) is 0.786. The lowest BCUT2D eigenvalue weighted by molar-refractivity contribution is 1.04. The van der Waals surface area contributed by atoms with Crippen molar-refractivity contribution in [1.82, 2.24) is 10.2 Å². The first-order valence-electron chi connectivity index (χ1n) is 5.30. The fourth-order valence-corrected chi connectivity index (χ4v) is 1.71. The van der Waals surface area contributed by atoms with E-state index in [9.17, 15) is 0 Å². The minimum Gasteiger partial charge on any atom is -0.372 e. The predicted molar refractivity (Wildman–Crippen MR) is 66.5 cm³/mol. The topological polar surface area (TPSA) is 37.8 Å². The molecule has 0 saturated heterocycles. The van der Waals surface area contributed by atoms with Crippen LogP contribution in [0.4, 0.5) is 5.82 Å². The molecule has 0 aliphatic heterocycles. The molecule has 0 aliphatic rings. The van der Waals surface area contributed by atoms with Crippen molar-refractivity contribution in [1.29, 1.82) is 0 Å². The third kappa shape index (κ3) is 2.03. The van der Waals surface area contributed by atoms with E-state index in [-0.39, 0.29) is 0 Å². The average Bonchev–Trinajstić information content (AvgIpc) is 2.29. The molecule has 0 bridgehead atoms. The monoisotopic (exact) mass is 213 g/mol. The molecule has 1 N–H and O–H groups in total. The highest BCUT2D eigenvalue weighted by atomic mass is 15.2. The highest BCUT2D eigenvalue weighted by Crippen LogP contribution is 2.22. The number of aromatic nitrogens is 2. The van der Waals surface area contributed by atoms with Gasteiger partial charge in [0.05, 0.1) is 5.69 Å². The average molecular weight is 213 g/mol. The van der Waals surface area contributed by atoms with Crippen molar-refractivity contribution < 1.29 is 0 Å². The number of nitrogens with one attached hydrogen (secondary N) is 1. The highest BCUT2D eigenvalue weighted by molar-refractivity contribution is 5.64. The minimum atomic E-state index is 0.786. The number of anilines is 1. The molecule has 16 heavy (non-hydrogen) atoms. The Balaban J connectivity index is 2.42. The van der Waals surface area contributed by atoms with E-state index < -0.39 is 0 Å². The van der Waals surface area contributed by atoms with Crippen molar-refractivity contribution in [3.05, 3.63) is 41.5 Å². The molecule has 0 spiro atoms. The summed E-state index contributed by atoms with van der Waals surface area (Å²) < 4.78 is 0. The first kappa shape index (κ1) is 10.6. The molecule has 1 heterocycles. The maximum Gasteiger partial charge on any atom is 0.148 e. The van der Waals surface area contributed by atoms with Gasteiger partial charge in [-0.3, -0.25) is 0 Å². The van der Waals surface area contributed by atoms with E-state index in [1.807, 2.05) is 19.2 Å². The molecule has 3 heteroatoms. The van der Waals surface area contributed by atoms with Crippen LogP contribution >= 0.6 is 0 Å². The van der Waals surface area contributed by atoms with Gasteiger partial charge in [-0.25, -0.2) is 0 Å². The van der Waals surface area contributed by atoms with Gasteiger partial charge in [-0.15, -0.1) is 10.2 Å². The molecule has 0 saturated carbocycles. The maximum atomic E-state index is 4.20. The summed E-state index contributed by atoms with van der Waals surface area (Å²) in [6.07, 6.45) is 0. The zero-order valence-electron chi connectivity index (χ0n) is 9.78. The molecule has 2 rings (SSSR count). The van der Waals surface area contributed by atoms with Gasteiger partial charge < -0.3 is 5.32 Å². The summed E-state index contributed by atoms with van der Waals surface area (Å²) >= 11 is 0. The molecule has 2 aromatic rings. The van der Waals surface area contributed by atoms with Gasteiger partial charge in [0.15, 0.2) is 0 Å². The smallest absolute Gasteiger partial charge is 0.148 e. The Morgan fingerprint density at radius 2 is 1.81 bits per heavy atom. The van der Waals surface area contributed by atoms with Gasteiger partial charge in [-0.2, -0.15) is 0 Å². The van der Waals surface area contributed by atoms with Crippen LogP contribution in [0.3, 0.4) is 0 Å². The van der Waals surface area contributed by atoms with Gasteiger partial charge in [0.1, 0.15) is 5.82 Å². The molecule has 82 valence electrons. The number of hydrogen-bond acceptors (Lipinski definition) is 3. The van der Waals surface area contributed by atoms with Gasteiger partial charge in [0.2, 0.25) is 0 Å². The van der Waals surface area contributed by atoms with Gasteiger partial charge >= 0.3 is 0 Å². The first-order chi connectivity index (χ1) is 7.70. The minimum absolute atomic E-state index is 0.786. The van der Waals surface area contributed by atoms with Crippen LogP contribution in [0.25, 0.3) is 11.3 Å². The number of nitrogens with zero attached hydrogens (tertiary/aromatic N) is 2. The quantitative estimate of drug-likeness (QED) is 0.833. The van der Waals surface area contributed by atoms with Crippen molar-refractivity contribution in [2.45, 2.75) is 13.8 Å². The molecule has 0 fully saturated rings. The van der Waals surface area contributed by atoms with Gasteiger partial charge in [-0.1, -0.05) is 23.8 Å². The zero-order valence-corrected chi connectivity index (χ0v) is 9.78. The zero-order chi connectivity index (χ0) is 11.5. The van der Waals surface area contributed by atoms with Crippen molar-refractivity contribution in [2.75, 3.05) is 12.4 Å². The van der Waals surface area contributed by atoms with Crippen molar-refractivity contribution in [2.24, 2.45) is 0 Å². The Bertz CT molecular complexity index is 489. The van der Waals surface area contributed by atoms with Crippen molar-refractivity contribution in [3.8, 4) is 11.3 Å². The summed E-state index contributed by atoms with van der Waals surface area (Å²) in [5.41, 5.74) is 4.55. The van der Waals surface area contributed by atoms with Crippen LogP contribution < -0.4 is 5.32 Å². The fraction of sp³-hybridized carbons (Fsp3) is 0.231. The molecule has 0 amide bonds. The van der Waals surface area contributed by atoms with Crippen LogP contribution in [-0.2, 0) is 0 Å². The summed E-state index contributed by atoms with van der Waals surface area (Å²) in [7, 11) is 1.83. The van der Waals surface area contributed by atoms with E-state index in [4.69, 9.17) is 0 Å². The largest absolute Gasteiger partial charge is 0.372 e. The molecular weight excluding hydrogens is 198 g/mol. The Hall–Kier alpha value is -1.90. The lowest BCUT2D eigenvalue weighted by Gasteiger charge is -2.06. The third-order valence-electron chi connectivity index (χ3n) is 2.58. The molecule has 1 aromatic carbocycles. The van der Waals surface area contributed by atoms with Crippen LogP contribution in [0.15, 0.2) is 30.3 Å². The van der Waals surface area contributed by atoms with Gasteiger partial charge in [0, 0.05) is 12.6 Å². The molecule has 0 atom stereocenters. The molecule has 0 aliphatic carbocycles. The molecule has 0 radical (unpaired) electrons. The summed E-state index contributed by atoms with van der Waals surface area (Å²) in [6.45, 7) is 4.18. The van der Waals surface area contributed by atoms with Gasteiger partial charge in [0.25, 0.3) is 0 Å². The molecule has 1 aromatic heterocycles. The normalized spacial score (nSPS) is 10.2. The summed E-state index contributed by atoms with van der Waals surface area (Å²) in [6, 6.07) is 10.3. The number of hydrogen-bond donors (Lipinski definition) is 1. The second-order valence-corrected chi connectivity index (χ2v) is 3.87. The second-order valence-electron chi connectivity index (χ2n) is 3.87. The molecular formula is C13H15N3. The van der Waals surface area contributed by atoms with E-state index in [2.05, 4.69) is 47.6 Å². The predicted octanol–water partition coefficient (Wildman–Crippen LogP) is 2.80. The Morgan fingerprint density at radius 1 is 1.00 bits per heavy atom. The van der Waals surface area contributed by atoms with Crippen LogP contribution in [0.5, 0.6) is 0 Å². The molecule has 3 nitrogen and oxygen atoms in total. The van der Waals surface area contributed by atoms with E-state index in [1.165, 1.54) is 11.1 Å². The Morgan fingerprint density at radius 3 is 2.38 bits per heavy atom. The Kier molecular flexibility index (Phi) is 2.86. The van der Waals surface area contributed by atoms with Gasteiger partial charge in [-0.05, 0) is 31.5 Å². The summed E-state index contributed by atoms with van der Waals surface area (Å²) in [5, 5.41) is 11.2. The standard InChI is InChI=1S/C13H15N3/c1-9-4-5-11(10(2)8-9)12-6-7-13(14-3)16-15-12/h4-8H,1-3H3,(H,14,16). The highest BCUT2D eigenvalue weighted by Gasteiger charge is 2.03.